The number of nitrogens with two attached hydrogens (primary N) is 1. The normalized spacial score (nSPS) is 14.4. The Morgan fingerprint density at radius 1 is 1.09 bits per heavy atom. The summed E-state index contributed by atoms with van der Waals surface area (Å²) < 4.78 is 28.2. The SMILES string of the molecule is CN1C(C(=O)Nc2ccccn2)=C(O)c2ccccc2S1(=O)=O.N[C@@H](CCC(=O)N[C@@H](CSN=O)C(=O)NCC(=O)O)C(=O)O. The van der Waals surface area contributed by atoms with E-state index in [1.165, 1.54) is 25.4 Å². The van der Waals surface area contributed by atoms with Crippen LogP contribution in [0.3, 0.4) is 0 Å². The Morgan fingerprint density at radius 3 is 2.36 bits per heavy atom. The number of carboxylic acid groups (broad SMARTS) is 2. The Morgan fingerprint density at radius 2 is 1.76 bits per heavy atom. The highest BCUT2D eigenvalue weighted by atomic mass is 32.2. The molecule has 1 aliphatic rings. The molecule has 0 fully saturated rings. The van der Waals surface area contributed by atoms with E-state index in [1.54, 1.807) is 30.3 Å². The number of carbonyl (C=O) groups is 5. The molecule has 2 heterocycles. The van der Waals surface area contributed by atoms with Crippen molar-refractivity contribution in [2.24, 2.45) is 10.3 Å². The van der Waals surface area contributed by atoms with E-state index in [4.69, 9.17) is 15.9 Å². The van der Waals surface area contributed by atoms with Gasteiger partial charge in [0.25, 0.3) is 15.9 Å². The van der Waals surface area contributed by atoms with E-state index in [2.05, 4.69) is 25.5 Å². The van der Waals surface area contributed by atoms with E-state index in [1.807, 2.05) is 0 Å². The molecule has 18 nitrogen and oxygen atoms in total. The molecule has 3 rings (SSSR count). The van der Waals surface area contributed by atoms with Crippen LogP contribution in [0.15, 0.2) is 63.8 Å². The first-order chi connectivity index (χ1) is 21.2. The minimum Gasteiger partial charge on any atom is -0.505 e. The first-order valence-electron chi connectivity index (χ1n) is 12.7. The molecule has 20 heteroatoms. The monoisotopic (exact) mass is 667 g/mol. The van der Waals surface area contributed by atoms with E-state index < -0.39 is 64.1 Å². The largest absolute Gasteiger partial charge is 0.505 e. The van der Waals surface area contributed by atoms with Crippen LogP contribution in [0, 0.1) is 4.91 Å². The molecule has 0 aliphatic carbocycles. The van der Waals surface area contributed by atoms with Gasteiger partial charge in [0.05, 0.1) is 4.90 Å². The number of hydrogen-bond donors (Lipinski definition) is 7. The van der Waals surface area contributed by atoms with Crippen LogP contribution in [-0.2, 0) is 34.0 Å². The fraction of sp³-hybridized carbons (Fsp3) is 0.280. The molecule has 242 valence electrons. The summed E-state index contributed by atoms with van der Waals surface area (Å²) in [6.07, 6.45) is 1.11. The number of aliphatic carboxylic acids is 2. The zero-order valence-electron chi connectivity index (χ0n) is 23.4. The highest BCUT2D eigenvalue weighted by molar-refractivity contribution is 7.97. The van der Waals surface area contributed by atoms with Crippen LogP contribution in [0.1, 0.15) is 18.4 Å². The lowest BCUT2D eigenvalue weighted by Gasteiger charge is -2.28. The summed E-state index contributed by atoms with van der Waals surface area (Å²) in [5, 5.41) is 34.2. The minimum atomic E-state index is -3.91. The molecule has 1 aromatic heterocycles. The van der Waals surface area contributed by atoms with Crippen molar-refractivity contribution < 1.29 is 47.7 Å². The topological polar surface area (TPSA) is 288 Å². The first kappa shape index (κ1) is 36.1. The quantitative estimate of drug-likeness (QED) is 0.108. The minimum absolute atomic E-state index is 0.0469. The molecule has 0 bridgehead atoms. The van der Waals surface area contributed by atoms with Crippen molar-refractivity contribution in [3.63, 3.8) is 0 Å². The van der Waals surface area contributed by atoms with Crippen molar-refractivity contribution in [1.29, 1.82) is 0 Å². The van der Waals surface area contributed by atoms with Gasteiger partial charge in [-0.1, -0.05) is 18.2 Å². The third-order valence-electron chi connectivity index (χ3n) is 5.80. The molecule has 0 saturated carbocycles. The van der Waals surface area contributed by atoms with Crippen molar-refractivity contribution in [1.82, 2.24) is 19.9 Å². The number of rotatable bonds is 13. The van der Waals surface area contributed by atoms with Crippen molar-refractivity contribution in [3.8, 4) is 0 Å². The second-order valence-electron chi connectivity index (χ2n) is 8.92. The Balaban J connectivity index is 0.000000314. The second kappa shape index (κ2) is 16.7. The molecule has 0 saturated heterocycles. The van der Waals surface area contributed by atoms with Gasteiger partial charge in [0, 0.05) is 47.5 Å². The third-order valence-corrected chi connectivity index (χ3v) is 8.20. The number of aliphatic hydroxyl groups excluding tert-OH is 1. The summed E-state index contributed by atoms with van der Waals surface area (Å²) in [5.41, 5.74) is 4.97. The van der Waals surface area contributed by atoms with Crippen molar-refractivity contribution in [3.05, 3.63) is 64.8 Å². The Labute approximate surface area is 260 Å². The van der Waals surface area contributed by atoms with Gasteiger partial charge in [0.2, 0.25) is 11.8 Å². The molecule has 8 N–H and O–H groups in total. The number of nitroso groups, excluding NO2 is 1. The number of aliphatic hydroxyl groups is 1. The molecule has 2 aromatic rings. The van der Waals surface area contributed by atoms with Gasteiger partial charge in [-0.05, 0) is 30.7 Å². The number of nitrogens with zero attached hydrogens (tertiary/aromatic N) is 3. The van der Waals surface area contributed by atoms with Crippen molar-refractivity contribution >= 4 is 63.2 Å². The molecule has 0 spiro atoms. The average Bonchev–Trinajstić information content (AvgIpc) is 3.00. The van der Waals surface area contributed by atoms with E-state index in [-0.39, 0.29) is 40.6 Å². The average molecular weight is 668 g/mol. The van der Waals surface area contributed by atoms with E-state index in [0.29, 0.717) is 11.9 Å². The molecular weight excluding hydrogens is 638 g/mol. The fourth-order valence-electron chi connectivity index (χ4n) is 3.54. The summed E-state index contributed by atoms with van der Waals surface area (Å²) in [7, 11) is -2.69. The van der Waals surface area contributed by atoms with E-state index in [0.717, 1.165) is 4.31 Å². The van der Waals surface area contributed by atoms with Crippen molar-refractivity contribution in [2.75, 3.05) is 24.7 Å². The lowest BCUT2D eigenvalue weighted by atomic mass is 10.1. The van der Waals surface area contributed by atoms with Crippen LogP contribution in [0.2, 0.25) is 0 Å². The molecule has 1 aliphatic heterocycles. The summed E-state index contributed by atoms with van der Waals surface area (Å²) in [6.45, 7) is -0.645. The van der Waals surface area contributed by atoms with Gasteiger partial charge >= 0.3 is 11.9 Å². The van der Waals surface area contributed by atoms with Crippen molar-refractivity contribution in [2.45, 2.75) is 29.8 Å². The predicted octanol–water partition coefficient (Wildman–Crippen LogP) is -0.140. The van der Waals surface area contributed by atoms with Gasteiger partial charge in [0.1, 0.15) is 24.4 Å². The molecular formula is C25H29N7O11S2. The standard InChI is InChI=1S/C15H13N3O4S.C10H16N4O7S/c1-18-13(15(20)17-12-8-4-5-9-16-12)14(19)10-6-2-3-7-11(10)23(18,21)22;11-5(10(19)20)1-2-7(15)13-6(4-22-14-21)9(18)12-3-8(16)17/h2-9,19H,1H3,(H,16,17,20);5-6H,1-4,11H2,(H,12,18)(H,13,15)(H,16,17)(H,19,20)/t;5-,6-/m.0/s1. The number of carbonyl (C=O) groups excluding carboxylic acids is 3. The number of amides is 3. The van der Waals surface area contributed by atoms with Crippen LogP contribution in [-0.4, -0.2) is 94.1 Å². The summed E-state index contributed by atoms with van der Waals surface area (Å²) >= 11 is 0.478. The third kappa shape index (κ3) is 10.3. The van der Waals surface area contributed by atoms with Crippen LogP contribution in [0.4, 0.5) is 5.82 Å². The number of anilines is 1. The Kier molecular flexibility index (Phi) is 13.4. The lowest BCUT2D eigenvalue weighted by Crippen LogP contribution is -2.49. The van der Waals surface area contributed by atoms with Crippen LogP contribution < -0.4 is 21.7 Å². The van der Waals surface area contributed by atoms with Gasteiger partial charge < -0.3 is 37.0 Å². The summed E-state index contributed by atoms with van der Waals surface area (Å²) in [5.74, 6) is -5.08. The number of aromatic nitrogens is 1. The fourth-order valence-corrected chi connectivity index (χ4v) is 5.39. The number of carboxylic acids is 2. The van der Waals surface area contributed by atoms with E-state index >= 15 is 0 Å². The number of benzene rings is 1. The maximum absolute atomic E-state index is 12.5. The van der Waals surface area contributed by atoms with E-state index in [9.17, 15) is 42.4 Å². The number of sulfonamides is 1. The zero-order chi connectivity index (χ0) is 33.7. The first-order valence-corrected chi connectivity index (χ1v) is 15.0. The smallest absolute Gasteiger partial charge is 0.322 e. The molecule has 45 heavy (non-hydrogen) atoms. The van der Waals surface area contributed by atoms with Gasteiger partial charge in [-0.3, -0.25) is 28.3 Å². The van der Waals surface area contributed by atoms with Gasteiger partial charge in [-0.2, -0.15) is 0 Å². The van der Waals surface area contributed by atoms with Gasteiger partial charge in [-0.15, -0.1) is 4.91 Å². The highest BCUT2D eigenvalue weighted by Gasteiger charge is 2.37. The van der Waals surface area contributed by atoms with Crippen LogP contribution in [0.5, 0.6) is 0 Å². The number of fused-ring (bicyclic) bond motifs is 1. The van der Waals surface area contributed by atoms with Gasteiger partial charge in [-0.25, -0.2) is 13.4 Å². The predicted molar refractivity (Wildman–Crippen MR) is 159 cm³/mol. The Hall–Kier alpha value is -5.08. The maximum atomic E-state index is 12.5. The number of nitrogens with one attached hydrogen (secondary N) is 3. The summed E-state index contributed by atoms with van der Waals surface area (Å²) in [4.78, 5) is 70.5. The number of pyridine rings is 1. The maximum Gasteiger partial charge on any atom is 0.322 e. The van der Waals surface area contributed by atoms with Crippen LogP contribution in [0.25, 0.3) is 5.76 Å². The summed E-state index contributed by atoms with van der Waals surface area (Å²) in [6, 6.07) is 8.50. The van der Waals surface area contributed by atoms with Crippen LogP contribution >= 0.6 is 11.9 Å². The molecule has 2 atom stereocenters. The molecule has 1 aromatic carbocycles. The number of likely N-dealkylation sites (N-methyl/N-ethyl adjacent to an activating group) is 1. The number of hydrogen-bond acceptors (Lipinski definition) is 13. The molecule has 3 amide bonds. The zero-order valence-corrected chi connectivity index (χ0v) is 25.1. The second-order valence-corrected chi connectivity index (χ2v) is 11.6. The highest BCUT2D eigenvalue weighted by Crippen LogP contribution is 2.34. The molecule has 0 unspecified atom stereocenters. The van der Waals surface area contributed by atoms with Gasteiger partial charge in [0.15, 0.2) is 11.5 Å². The molecule has 0 radical (unpaired) electrons. The Bertz CT molecular complexity index is 1570. The lowest BCUT2D eigenvalue weighted by molar-refractivity contribution is -0.139.